The van der Waals surface area contributed by atoms with Gasteiger partial charge in [0.25, 0.3) is 0 Å². The molecule has 101 heavy (non-hydrogen) atoms. The number of rotatable bonds is 17. The van der Waals surface area contributed by atoms with E-state index < -0.39 is 0 Å². The minimum absolute atomic E-state index is 0. The van der Waals surface area contributed by atoms with Gasteiger partial charge < -0.3 is 54.9 Å². The molecule has 4 heterocycles. The molecule has 6 aromatic carbocycles. The van der Waals surface area contributed by atoms with Crippen LogP contribution in [-0.2, 0) is 38.8 Å². The van der Waals surface area contributed by atoms with Gasteiger partial charge in [0.15, 0.2) is 88.1 Å². The number of benzene rings is 6. The number of fused-ring (bicyclic) bond motifs is 4. The zero-order valence-corrected chi connectivity index (χ0v) is 60.5. The normalized spacial score (nSPS) is 15.3. The molecule has 5 aliphatic rings. The number of hydrogen-bond donors (Lipinski definition) is 0. The van der Waals surface area contributed by atoms with E-state index in [1.54, 1.807) is 112 Å². The third kappa shape index (κ3) is 19.4. The van der Waals surface area contributed by atoms with Crippen molar-refractivity contribution in [3.05, 3.63) is 266 Å². The number of carbonyl (C=O) groups excluding carboxylic acids is 5. The number of aldehydes is 1. The summed E-state index contributed by atoms with van der Waals surface area (Å²) in [4.78, 5) is 69.9. The highest BCUT2D eigenvalue weighted by atomic mass is 79.9. The Morgan fingerprint density at radius 1 is 0.465 bits per heavy atom. The number of Topliss-reactive ketones (excluding diaryl/α,β-unsaturated/α-hetero) is 4. The average Bonchev–Trinajstić information content (AvgIpc) is 1.67. The van der Waals surface area contributed by atoms with Gasteiger partial charge in [0.1, 0.15) is 6.29 Å². The summed E-state index contributed by atoms with van der Waals surface area (Å²) in [7, 11) is 12.8. The number of ether oxygens (including phenoxy) is 8. The summed E-state index contributed by atoms with van der Waals surface area (Å²) in [5.74, 6) is 6.45. The standard InChI is InChI=1S/C24H29NO3.C24H22NO3.C17H15NO3.C11H12O3.C6H5NO.BrH.ClH/c2*1-27-22-14-19-13-20(24(26)21(19)15-23(22)28-2)12-17-8-10-25(11-9-17)16-18-6-4-3-5-7-18;1-20-15-9-12-8-13(7-11-3-5-18-6-4-11)17(19)14(12)10-16(15)21-2;1-13-10-5-7-3-4-9(12)8(7)6-11(10)14-2;8-5-6-1-3-7-4-2-6;;/h3-7,14-15,17,20H,8-13,16H2,1-2H3;3-12,14-15H,13,16H2,1-2H3;3-7,9-10H,8H2,1-2H3;5-6H,3-4H2,1-2H3;1-5H;2*1H/q;+1;;;;;/p-1/b;20-12+;13-7+;;;;. The molecular weight excluding hydrogens is 1360 g/mol. The molecule has 1 aliphatic heterocycles. The second-order valence-electron chi connectivity index (χ2n) is 24.4. The summed E-state index contributed by atoms with van der Waals surface area (Å²) in [6, 6.07) is 46.9. The number of allylic oxidation sites excluding steroid dienone is 2. The lowest BCUT2D eigenvalue weighted by molar-refractivity contribution is -0.688. The highest BCUT2D eigenvalue weighted by Gasteiger charge is 2.35. The smallest absolute Gasteiger partial charge is 0.189 e. The van der Waals surface area contributed by atoms with Crippen LogP contribution >= 0.6 is 12.4 Å². The Morgan fingerprint density at radius 2 is 0.871 bits per heavy atom. The Balaban J connectivity index is 0.000000167. The van der Waals surface area contributed by atoms with Gasteiger partial charge in [0.05, 0.1) is 56.9 Å². The van der Waals surface area contributed by atoms with Crippen LogP contribution in [0, 0.1) is 11.8 Å². The zero-order valence-electron chi connectivity index (χ0n) is 58.1. The number of hydrogen-bond acceptors (Lipinski definition) is 16. The van der Waals surface area contributed by atoms with E-state index in [-0.39, 0.29) is 58.4 Å². The molecule has 19 heteroatoms. The van der Waals surface area contributed by atoms with Gasteiger partial charge in [-0.2, -0.15) is 0 Å². The van der Waals surface area contributed by atoms with Crippen LogP contribution in [0.4, 0.5) is 0 Å². The number of aryl methyl sites for hydroxylation is 1. The fourth-order valence-electron chi connectivity index (χ4n) is 13.0. The number of pyridine rings is 3. The van der Waals surface area contributed by atoms with Gasteiger partial charge in [-0.1, -0.05) is 60.7 Å². The molecule has 0 N–H and O–H groups in total. The quantitative estimate of drug-likeness (QED) is 0.0474. The predicted molar refractivity (Wildman–Crippen MR) is 387 cm³/mol. The molecule has 4 aliphatic carbocycles. The van der Waals surface area contributed by atoms with E-state index in [4.69, 9.17) is 37.9 Å². The predicted octanol–water partition coefficient (Wildman–Crippen LogP) is 11.3. The number of piperidine rings is 1. The maximum atomic E-state index is 12.9. The van der Waals surface area contributed by atoms with E-state index in [0.29, 0.717) is 87.9 Å². The van der Waals surface area contributed by atoms with Crippen LogP contribution in [0.1, 0.15) is 122 Å². The van der Waals surface area contributed by atoms with Crippen LogP contribution in [0.25, 0.3) is 12.2 Å². The first-order valence-corrected chi connectivity index (χ1v) is 32.9. The third-order valence-electron chi connectivity index (χ3n) is 18.2. The van der Waals surface area contributed by atoms with E-state index in [9.17, 15) is 24.0 Å². The molecule has 1 fully saturated rings. The second kappa shape index (κ2) is 37.2. The number of halogens is 2. The summed E-state index contributed by atoms with van der Waals surface area (Å²) in [6.07, 6.45) is 22.2. The average molecular weight is 1450 g/mol. The van der Waals surface area contributed by atoms with Crippen molar-refractivity contribution >= 4 is 54.0 Å². The Labute approximate surface area is 607 Å². The molecule has 0 radical (unpaired) electrons. The summed E-state index contributed by atoms with van der Waals surface area (Å²) < 4.78 is 44.4. The van der Waals surface area contributed by atoms with Crippen LogP contribution in [0.15, 0.2) is 194 Å². The first kappa shape index (κ1) is 76.5. The summed E-state index contributed by atoms with van der Waals surface area (Å²) >= 11 is 0. The monoisotopic (exact) mass is 1450 g/mol. The Kier molecular flexibility index (Phi) is 28.2. The number of methoxy groups -OCH3 is 8. The Hall–Kier alpha value is -10.3. The maximum absolute atomic E-state index is 12.9. The lowest BCUT2D eigenvalue weighted by atomic mass is 9.85. The zero-order chi connectivity index (χ0) is 69.8. The van der Waals surface area contributed by atoms with Crippen LogP contribution in [0.5, 0.6) is 46.0 Å². The molecule has 17 nitrogen and oxygen atoms in total. The highest BCUT2D eigenvalue weighted by molar-refractivity contribution is 6.16. The molecule has 1 atom stereocenters. The Morgan fingerprint density at radius 3 is 1.33 bits per heavy atom. The van der Waals surface area contributed by atoms with Crippen molar-refractivity contribution in [2.75, 3.05) is 70.0 Å². The van der Waals surface area contributed by atoms with Gasteiger partial charge in [-0.15, -0.1) is 12.4 Å². The molecule has 0 amide bonds. The van der Waals surface area contributed by atoms with Crippen LogP contribution in [0.2, 0.25) is 0 Å². The number of likely N-dealkylation sites (tertiary alicyclic amines) is 1. The third-order valence-corrected chi connectivity index (χ3v) is 18.2. The molecule has 1 saturated heterocycles. The first-order chi connectivity index (χ1) is 48.3. The Bertz CT molecular complexity index is 4380. The second-order valence-corrected chi connectivity index (χ2v) is 24.4. The van der Waals surface area contributed by atoms with Crippen molar-refractivity contribution in [2.45, 2.75) is 64.5 Å². The number of aromatic nitrogens is 3. The molecule has 1 unspecified atom stereocenters. The molecule has 0 saturated carbocycles. The van der Waals surface area contributed by atoms with Crippen molar-refractivity contribution in [3.8, 4) is 46.0 Å². The lowest BCUT2D eigenvalue weighted by Crippen LogP contribution is -3.00. The minimum atomic E-state index is 0. The van der Waals surface area contributed by atoms with E-state index >= 15 is 0 Å². The number of nitrogens with zero attached hydrogens (tertiary/aromatic N) is 4. The van der Waals surface area contributed by atoms with Crippen molar-refractivity contribution < 1.29 is 83.4 Å². The van der Waals surface area contributed by atoms with Crippen molar-refractivity contribution in [3.63, 3.8) is 0 Å². The fourth-order valence-corrected chi connectivity index (χ4v) is 13.0. The lowest BCUT2D eigenvalue weighted by Gasteiger charge is -2.32. The minimum Gasteiger partial charge on any atom is -1.00 e. The maximum Gasteiger partial charge on any atom is 0.189 e. The summed E-state index contributed by atoms with van der Waals surface area (Å²) in [5.41, 5.74) is 13.9. The van der Waals surface area contributed by atoms with Crippen LogP contribution < -0.4 is 59.4 Å². The topological polar surface area (TPSA) is 192 Å². The van der Waals surface area contributed by atoms with Gasteiger partial charge >= 0.3 is 0 Å². The van der Waals surface area contributed by atoms with Gasteiger partial charge in [-0.3, -0.25) is 38.8 Å². The molecule has 0 bridgehead atoms. The van der Waals surface area contributed by atoms with E-state index in [0.717, 1.165) is 107 Å². The molecule has 0 spiro atoms. The summed E-state index contributed by atoms with van der Waals surface area (Å²) in [5, 5.41) is 0. The van der Waals surface area contributed by atoms with Gasteiger partial charge in [-0.05, 0) is 175 Å². The fraction of sp³-hybridized carbons (Fsp3) is 0.268. The molecule has 524 valence electrons. The SMILES string of the molecule is COc1cc2c(cc1OC)C(=O)/C(=C/c1cc[n+](Cc3ccccc3)cc1)C2.COc1cc2c(cc1OC)C(=O)/C(=C/c1ccncc1)C2.COc1cc2c(cc1OC)C(=O)C(CC1CCN(Cc3ccccc3)CC1)C2.COc1cc2c(cc1OC)C(=O)CC2.Cl.O=Cc1ccncc1.[Br-]. The molecular formula is C82H84BrClN4O13. The first-order valence-electron chi connectivity index (χ1n) is 32.9. The highest BCUT2D eigenvalue weighted by Crippen LogP contribution is 2.42. The molecule has 14 rings (SSSR count). The number of carbonyl (C=O) groups is 5. The van der Waals surface area contributed by atoms with Gasteiger partial charge in [-0.25, -0.2) is 4.57 Å². The van der Waals surface area contributed by atoms with Gasteiger partial charge in [0.2, 0.25) is 0 Å². The van der Waals surface area contributed by atoms with Gasteiger partial charge in [0, 0.05) is 113 Å². The molecule has 9 aromatic rings. The van der Waals surface area contributed by atoms with E-state index in [1.807, 2.05) is 97.3 Å². The number of ketones is 4. The van der Waals surface area contributed by atoms with Crippen LogP contribution in [-0.4, -0.2) is 114 Å². The van der Waals surface area contributed by atoms with Crippen molar-refractivity contribution in [1.82, 2.24) is 14.9 Å². The van der Waals surface area contributed by atoms with Crippen molar-refractivity contribution in [1.29, 1.82) is 0 Å². The van der Waals surface area contributed by atoms with Crippen molar-refractivity contribution in [2.24, 2.45) is 11.8 Å². The van der Waals surface area contributed by atoms with E-state index in [2.05, 4.69) is 61.9 Å². The van der Waals surface area contributed by atoms with E-state index in [1.165, 1.54) is 24.0 Å². The largest absolute Gasteiger partial charge is 1.00 e. The van der Waals surface area contributed by atoms with Crippen LogP contribution in [0.3, 0.4) is 0 Å². The molecule has 3 aromatic heterocycles. The summed E-state index contributed by atoms with van der Waals surface area (Å²) in [6.45, 7) is 4.09.